The maximum Gasteiger partial charge on any atom is 0.324 e. The van der Waals surface area contributed by atoms with Gasteiger partial charge in [-0.25, -0.2) is 0 Å². The molecule has 0 unspecified atom stereocenters. The Morgan fingerprint density at radius 1 is 0.528 bits per heavy atom. The molecular weight excluding hydrogens is 472 g/mol. The van der Waals surface area contributed by atoms with Gasteiger partial charge in [0.2, 0.25) is 0 Å². The van der Waals surface area contributed by atoms with E-state index in [2.05, 4.69) is 0 Å². The van der Waals surface area contributed by atoms with Crippen molar-refractivity contribution in [2.75, 3.05) is 40.6 Å². The molecule has 0 heterocycles. The molecule has 2 aliphatic rings. The van der Waals surface area contributed by atoms with Crippen molar-refractivity contribution in [1.29, 1.82) is 0 Å². The molecule has 198 valence electrons. The van der Waals surface area contributed by atoms with Crippen LogP contribution < -0.4 is 9.47 Å². The zero-order valence-corrected chi connectivity index (χ0v) is 21.7. The van der Waals surface area contributed by atoms with Crippen LogP contribution in [0.15, 0.2) is 0 Å². The minimum Gasteiger partial charge on any atom is -0.496 e. The van der Waals surface area contributed by atoms with Gasteiger partial charge in [0.1, 0.15) is 11.5 Å². The molecule has 0 saturated heterocycles. The van der Waals surface area contributed by atoms with E-state index < -0.39 is 34.7 Å². The van der Waals surface area contributed by atoms with Gasteiger partial charge in [-0.05, 0) is 27.7 Å². The molecule has 0 bridgehead atoms. The van der Waals surface area contributed by atoms with Gasteiger partial charge in [-0.2, -0.15) is 0 Å². The average Bonchev–Trinajstić information content (AvgIpc) is 3.44. The van der Waals surface area contributed by atoms with E-state index in [1.807, 2.05) is 0 Å². The summed E-state index contributed by atoms with van der Waals surface area (Å²) < 4.78 is 32.7. The standard InChI is InChI=1S/C26H34O10/c1-7-33-21(27)25(22(28)34-8-2)11-15-16(12-25)20(32-6)18-14-26(23(29)35-9-3,24(30)36-10-4)13-17(18)19(15)31-5/h7-14H2,1-6H3. The summed E-state index contributed by atoms with van der Waals surface area (Å²) in [5.74, 6) is -1.95. The van der Waals surface area contributed by atoms with Crippen molar-refractivity contribution in [2.45, 2.75) is 53.4 Å². The molecule has 2 aliphatic carbocycles. The Kier molecular flexibility index (Phi) is 8.15. The molecule has 10 nitrogen and oxygen atoms in total. The van der Waals surface area contributed by atoms with E-state index in [1.165, 1.54) is 14.2 Å². The van der Waals surface area contributed by atoms with E-state index in [0.717, 1.165) is 0 Å². The Balaban J connectivity index is 2.20. The third kappa shape index (κ3) is 4.16. The first-order valence-electron chi connectivity index (χ1n) is 12.2. The summed E-state index contributed by atoms with van der Waals surface area (Å²) in [6.45, 7) is 7.06. The van der Waals surface area contributed by atoms with Crippen molar-refractivity contribution in [3.8, 4) is 11.5 Å². The predicted octanol–water partition coefficient (Wildman–Crippen LogP) is 2.13. The Morgan fingerprint density at radius 2 is 0.750 bits per heavy atom. The second-order valence-corrected chi connectivity index (χ2v) is 8.73. The second-order valence-electron chi connectivity index (χ2n) is 8.73. The zero-order chi connectivity index (χ0) is 26.7. The minimum atomic E-state index is -1.59. The molecular formula is C26H34O10. The first-order chi connectivity index (χ1) is 17.2. The highest BCUT2D eigenvalue weighted by molar-refractivity contribution is 6.03. The fraction of sp³-hybridized carbons (Fsp3) is 0.615. The molecule has 0 aliphatic heterocycles. The zero-order valence-electron chi connectivity index (χ0n) is 21.7. The SMILES string of the molecule is CCOC(=O)C1(C(=O)OCC)Cc2c(c(OC)c3c(c2OC)CC(C(=O)OCC)(C(=O)OCC)C3)C1. The summed E-state index contributed by atoms with van der Waals surface area (Å²) >= 11 is 0. The molecule has 10 heteroatoms. The smallest absolute Gasteiger partial charge is 0.324 e. The molecule has 0 N–H and O–H groups in total. The van der Waals surface area contributed by atoms with E-state index in [0.29, 0.717) is 33.8 Å². The lowest BCUT2D eigenvalue weighted by atomic mass is 9.83. The number of esters is 4. The molecule has 1 aromatic carbocycles. The Hall–Kier alpha value is -3.30. The topological polar surface area (TPSA) is 124 Å². The van der Waals surface area contributed by atoms with Crippen LogP contribution in [-0.4, -0.2) is 64.5 Å². The van der Waals surface area contributed by atoms with Gasteiger partial charge in [-0.3, -0.25) is 19.2 Å². The van der Waals surface area contributed by atoms with Gasteiger partial charge >= 0.3 is 23.9 Å². The molecule has 0 spiro atoms. The van der Waals surface area contributed by atoms with Crippen LogP contribution in [0.3, 0.4) is 0 Å². The number of rotatable bonds is 10. The van der Waals surface area contributed by atoms with E-state index in [9.17, 15) is 19.2 Å². The lowest BCUT2D eigenvalue weighted by molar-refractivity contribution is -0.172. The summed E-state index contributed by atoms with van der Waals surface area (Å²) in [4.78, 5) is 52.4. The van der Waals surface area contributed by atoms with E-state index >= 15 is 0 Å². The third-order valence-electron chi connectivity index (χ3n) is 6.81. The van der Waals surface area contributed by atoms with Gasteiger partial charge in [0.25, 0.3) is 0 Å². The van der Waals surface area contributed by atoms with Crippen LogP contribution in [0.1, 0.15) is 49.9 Å². The maximum absolute atomic E-state index is 13.1. The normalized spacial score (nSPS) is 16.4. The van der Waals surface area contributed by atoms with E-state index in [-0.39, 0.29) is 52.1 Å². The highest BCUT2D eigenvalue weighted by Crippen LogP contribution is 2.55. The molecule has 0 amide bonds. The number of ether oxygens (including phenoxy) is 6. The van der Waals surface area contributed by atoms with E-state index in [1.54, 1.807) is 27.7 Å². The van der Waals surface area contributed by atoms with Crippen LogP contribution in [-0.2, 0) is 63.8 Å². The first kappa shape index (κ1) is 27.3. The van der Waals surface area contributed by atoms with Crippen molar-refractivity contribution < 1.29 is 47.6 Å². The molecule has 1 aromatic rings. The quantitative estimate of drug-likeness (QED) is 0.265. The van der Waals surface area contributed by atoms with Crippen molar-refractivity contribution in [2.24, 2.45) is 10.8 Å². The third-order valence-corrected chi connectivity index (χ3v) is 6.81. The molecule has 0 aromatic heterocycles. The highest BCUT2D eigenvalue weighted by atomic mass is 16.6. The van der Waals surface area contributed by atoms with Crippen molar-refractivity contribution in [3.63, 3.8) is 0 Å². The molecule has 0 atom stereocenters. The molecule has 0 radical (unpaired) electrons. The Bertz CT molecular complexity index is 897. The number of benzene rings is 1. The van der Waals surface area contributed by atoms with Crippen LogP contribution in [0.4, 0.5) is 0 Å². The van der Waals surface area contributed by atoms with E-state index in [4.69, 9.17) is 28.4 Å². The van der Waals surface area contributed by atoms with Crippen LogP contribution in [0.25, 0.3) is 0 Å². The lowest BCUT2D eigenvalue weighted by Gasteiger charge is -2.25. The van der Waals surface area contributed by atoms with Crippen LogP contribution in [0.5, 0.6) is 11.5 Å². The Labute approximate surface area is 210 Å². The molecule has 3 rings (SSSR count). The Morgan fingerprint density at radius 3 is 0.917 bits per heavy atom. The average molecular weight is 507 g/mol. The van der Waals surface area contributed by atoms with Crippen molar-refractivity contribution in [3.05, 3.63) is 22.3 Å². The largest absolute Gasteiger partial charge is 0.496 e. The van der Waals surface area contributed by atoms with Gasteiger partial charge in [0.15, 0.2) is 10.8 Å². The number of carbonyl (C=O) groups excluding carboxylic acids is 4. The number of hydrogen-bond donors (Lipinski definition) is 0. The second kappa shape index (κ2) is 10.8. The van der Waals surface area contributed by atoms with Crippen LogP contribution in [0.2, 0.25) is 0 Å². The number of fused-ring (bicyclic) bond motifs is 2. The summed E-state index contributed by atoms with van der Waals surface area (Å²) in [6, 6.07) is 0. The lowest BCUT2D eigenvalue weighted by Crippen LogP contribution is -2.43. The summed E-state index contributed by atoms with van der Waals surface area (Å²) in [7, 11) is 2.93. The predicted molar refractivity (Wildman–Crippen MR) is 126 cm³/mol. The van der Waals surface area contributed by atoms with Crippen LogP contribution >= 0.6 is 0 Å². The van der Waals surface area contributed by atoms with Gasteiger partial charge < -0.3 is 28.4 Å². The van der Waals surface area contributed by atoms with Crippen molar-refractivity contribution in [1.82, 2.24) is 0 Å². The minimum absolute atomic E-state index is 0.0291. The fourth-order valence-corrected chi connectivity index (χ4v) is 5.31. The molecule has 36 heavy (non-hydrogen) atoms. The van der Waals surface area contributed by atoms with Gasteiger partial charge in [-0.1, -0.05) is 0 Å². The van der Waals surface area contributed by atoms with Crippen LogP contribution in [0, 0.1) is 10.8 Å². The maximum atomic E-state index is 13.1. The van der Waals surface area contributed by atoms with Crippen molar-refractivity contribution >= 4 is 23.9 Å². The number of carbonyl (C=O) groups is 4. The van der Waals surface area contributed by atoms with Gasteiger partial charge in [0.05, 0.1) is 40.6 Å². The summed E-state index contributed by atoms with van der Waals surface area (Å²) in [6.07, 6.45) is -0.117. The van der Waals surface area contributed by atoms with Gasteiger partial charge in [-0.15, -0.1) is 0 Å². The highest BCUT2D eigenvalue weighted by Gasteiger charge is 2.59. The fourth-order valence-electron chi connectivity index (χ4n) is 5.31. The number of methoxy groups -OCH3 is 2. The number of hydrogen-bond acceptors (Lipinski definition) is 10. The van der Waals surface area contributed by atoms with Gasteiger partial charge in [0, 0.05) is 47.9 Å². The molecule has 0 saturated carbocycles. The monoisotopic (exact) mass is 506 g/mol. The summed E-state index contributed by atoms with van der Waals surface area (Å²) in [5.41, 5.74) is -0.863. The summed E-state index contributed by atoms with van der Waals surface area (Å²) in [5, 5.41) is 0. The first-order valence-corrected chi connectivity index (χ1v) is 12.2. The molecule has 0 fully saturated rings.